The van der Waals surface area contributed by atoms with E-state index < -0.39 is 24.0 Å². The minimum Gasteiger partial charge on any atom is -0.480 e. The number of benzene rings is 1. The summed E-state index contributed by atoms with van der Waals surface area (Å²) in [6, 6.07) is 8.55. The van der Waals surface area contributed by atoms with Crippen molar-refractivity contribution >= 4 is 17.6 Å². The number of carbonyl (C=O) groups is 2. The molecule has 112 valence electrons. The molecule has 1 aliphatic rings. The number of amides is 1. The van der Waals surface area contributed by atoms with Gasteiger partial charge in [0.15, 0.2) is 0 Å². The van der Waals surface area contributed by atoms with Gasteiger partial charge in [-0.15, -0.1) is 0 Å². The maximum atomic E-state index is 12.0. The molecule has 0 bridgehead atoms. The Morgan fingerprint density at radius 2 is 2.14 bits per heavy atom. The highest BCUT2D eigenvalue weighted by Crippen LogP contribution is 2.17. The maximum absolute atomic E-state index is 12.0. The highest BCUT2D eigenvalue weighted by molar-refractivity contribution is 6.04. The quantitative estimate of drug-likeness (QED) is 0.832. The van der Waals surface area contributed by atoms with Crippen LogP contribution in [0, 0.1) is 0 Å². The van der Waals surface area contributed by atoms with Crippen molar-refractivity contribution in [2.45, 2.75) is 38.3 Å². The molecule has 0 saturated heterocycles. The first-order chi connectivity index (χ1) is 10.1. The number of hydrogen-bond acceptors (Lipinski definition) is 4. The van der Waals surface area contributed by atoms with Gasteiger partial charge in [-0.1, -0.05) is 48.8 Å². The van der Waals surface area contributed by atoms with E-state index in [1.807, 2.05) is 37.3 Å². The smallest absolute Gasteiger partial charge is 0.326 e. The molecule has 1 aromatic rings. The van der Waals surface area contributed by atoms with E-state index in [0.717, 1.165) is 5.56 Å². The Balaban J connectivity index is 1.93. The highest BCUT2D eigenvalue weighted by atomic mass is 16.6. The zero-order valence-corrected chi connectivity index (χ0v) is 11.8. The number of nitrogens with zero attached hydrogens (tertiary/aromatic N) is 1. The predicted octanol–water partition coefficient (Wildman–Crippen LogP) is 1.55. The van der Waals surface area contributed by atoms with Crippen LogP contribution in [0.4, 0.5) is 0 Å². The van der Waals surface area contributed by atoms with Crippen molar-refractivity contribution in [2.24, 2.45) is 5.16 Å². The Kier molecular flexibility index (Phi) is 4.92. The van der Waals surface area contributed by atoms with Crippen LogP contribution in [-0.4, -0.2) is 34.8 Å². The molecule has 0 saturated carbocycles. The van der Waals surface area contributed by atoms with Gasteiger partial charge in [-0.2, -0.15) is 0 Å². The molecule has 6 heteroatoms. The van der Waals surface area contributed by atoms with Crippen LogP contribution in [0.5, 0.6) is 0 Å². The number of nitrogens with one attached hydrogen (secondary N) is 1. The summed E-state index contributed by atoms with van der Waals surface area (Å²) in [6.45, 7) is 1.87. The van der Waals surface area contributed by atoms with E-state index in [1.54, 1.807) is 0 Å². The van der Waals surface area contributed by atoms with Crippen molar-refractivity contribution in [3.8, 4) is 0 Å². The van der Waals surface area contributed by atoms with Gasteiger partial charge in [0.1, 0.15) is 6.04 Å². The molecule has 6 nitrogen and oxygen atoms in total. The lowest BCUT2D eigenvalue weighted by Gasteiger charge is -2.15. The molecular weight excluding hydrogens is 272 g/mol. The van der Waals surface area contributed by atoms with Crippen LogP contribution in [0.3, 0.4) is 0 Å². The highest BCUT2D eigenvalue weighted by Gasteiger charge is 2.31. The van der Waals surface area contributed by atoms with Crippen LogP contribution in [0.1, 0.15) is 31.7 Å². The van der Waals surface area contributed by atoms with Crippen LogP contribution in [0.2, 0.25) is 0 Å². The lowest BCUT2D eigenvalue weighted by molar-refractivity contribution is -0.144. The van der Waals surface area contributed by atoms with Crippen molar-refractivity contribution in [1.29, 1.82) is 0 Å². The minimum atomic E-state index is -1.03. The van der Waals surface area contributed by atoms with Gasteiger partial charge in [-0.25, -0.2) is 4.79 Å². The summed E-state index contributed by atoms with van der Waals surface area (Å²) < 4.78 is 0. The number of oxime groups is 1. The third-order valence-corrected chi connectivity index (χ3v) is 3.26. The Hall–Kier alpha value is -2.37. The van der Waals surface area contributed by atoms with E-state index in [4.69, 9.17) is 9.94 Å². The number of hydrogen-bond donors (Lipinski definition) is 2. The Labute approximate surface area is 122 Å². The number of carboxylic acids is 1. The van der Waals surface area contributed by atoms with E-state index in [2.05, 4.69) is 10.5 Å². The fourth-order valence-electron chi connectivity index (χ4n) is 2.13. The van der Waals surface area contributed by atoms with E-state index in [9.17, 15) is 9.59 Å². The second-order valence-corrected chi connectivity index (χ2v) is 4.89. The SMILES string of the molecule is CCC[C@@H](NC(=O)C1CC(c2ccccc2)=NO1)C(=O)O. The van der Waals surface area contributed by atoms with Crippen molar-refractivity contribution in [3.63, 3.8) is 0 Å². The summed E-state index contributed by atoms with van der Waals surface area (Å²) in [6.07, 6.45) is 0.641. The number of aliphatic carboxylic acids is 1. The molecule has 0 spiro atoms. The standard InChI is InChI=1S/C15H18N2O4/c1-2-6-11(15(19)20)16-14(18)13-9-12(17-21-13)10-7-4-3-5-8-10/h3-5,7-8,11,13H,2,6,9H2,1H3,(H,16,18)(H,19,20)/t11-,13?/m1/s1. The Morgan fingerprint density at radius 3 is 2.76 bits per heavy atom. The van der Waals surface area contributed by atoms with E-state index >= 15 is 0 Å². The van der Waals surface area contributed by atoms with Crippen LogP contribution in [-0.2, 0) is 14.4 Å². The van der Waals surface area contributed by atoms with Crippen LogP contribution < -0.4 is 5.32 Å². The number of rotatable bonds is 6. The molecule has 1 aromatic carbocycles. The molecule has 0 aliphatic carbocycles. The fourth-order valence-corrected chi connectivity index (χ4v) is 2.13. The van der Waals surface area contributed by atoms with Crippen molar-refractivity contribution in [2.75, 3.05) is 0 Å². The molecule has 2 atom stereocenters. The van der Waals surface area contributed by atoms with Gasteiger partial charge in [0.2, 0.25) is 6.10 Å². The van der Waals surface area contributed by atoms with Crippen molar-refractivity contribution in [1.82, 2.24) is 5.32 Å². The fraction of sp³-hybridized carbons (Fsp3) is 0.400. The molecular formula is C15H18N2O4. The monoisotopic (exact) mass is 290 g/mol. The van der Waals surface area contributed by atoms with Gasteiger partial charge in [0, 0.05) is 6.42 Å². The maximum Gasteiger partial charge on any atom is 0.326 e. The second kappa shape index (κ2) is 6.88. The Morgan fingerprint density at radius 1 is 1.43 bits per heavy atom. The van der Waals surface area contributed by atoms with Crippen LogP contribution in [0.25, 0.3) is 0 Å². The summed E-state index contributed by atoms with van der Waals surface area (Å²) >= 11 is 0. The normalized spacial score (nSPS) is 18.5. The third-order valence-electron chi connectivity index (χ3n) is 3.26. The molecule has 1 amide bonds. The van der Waals surface area contributed by atoms with Crippen molar-refractivity contribution < 1.29 is 19.5 Å². The summed E-state index contributed by atoms with van der Waals surface area (Å²) in [5.41, 5.74) is 1.59. The minimum absolute atomic E-state index is 0.342. The lowest BCUT2D eigenvalue weighted by atomic mass is 10.0. The van der Waals surface area contributed by atoms with Gasteiger partial charge in [-0.3, -0.25) is 4.79 Å². The van der Waals surface area contributed by atoms with Gasteiger partial charge < -0.3 is 15.3 Å². The first-order valence-electron chi connectivity index (χ1n) is 6.93. The molecule has 0 fully saturated rings. The molecule has 2 N–H and O–H groups in total. The molecule has 1 heterocycles. The number of carbonyl (C=O) groups excluding carboxylic acids is 1. The second-order valence-electron chi connectivity index (χ2n) is 4.89. The first kappa shape index (κ1) is 15.0. The summed E-state index contributed by atoms with van der Waals surface area (Å²) in [5, 5.41) is 15.5. The molecule has 0 radical (unpaired) electrons. The van der Waals surface area contributed by atoms with Gasteiger partial charge >= 0.3 is 5.97 Å². The zero-order chi connectivity index (χ0) is 15.2. The average molecular weight is 290 g/mol. The first-order valence-corrected chi connectivity index (χ1v) is 6.93. The molecule has 21 heavy (non-hydrogen) atoms. The molecule has 1 aliphatic heterocycles. The van der Waals surface area contributed by atoms with Crippen molar-refractivity contribution in [3.05, 3.63) is 35.9 Å². The summed E-state index contributed by atoms with van der Waals surface area (Å²) in [5.74, 6) is -1.47. The third kappa shape index (κ3) is 3.81. The van der Waals surface area contributed by atoms with Gasteiger partial charge in [0.25, 0.3) is 5.91 Å². The topological polar surface area (TPSA) is 88.0 Å². The van der Waals surface area contributed by atoms with Crippen LogP contribution >= 0.6 is 0 Å². The van der Waals surface area contributed by atoms with E-state index in [1.165, 1.54) is 0 Å². The van der Waals surface area contributed by atoms with E-state index in [0.29, 0.717) is 25.0 Å². The largest absolute Gasteiger partial charge is 0.480 e. The zero-order valence-electron chi connectivity index (χ0n) is 11.8. The molecule has 0 aromatic heterocycles. The summed E-state index contributed by atoms with van der Waals surface area (Å²) in [7, 11) is 0. The summed E-state index contributed by atoms with van der Waals surface area (Å²) in [4.78, 5) is 28.2. The lowest BCUT2D eigenvalue weighted by Crippen LogP contribution is -2.45. The number of carboxylic acid groups (broad SMARTS) is 1. The Bertz CT molecular complexity index is 542. The van der Waals surface area contributed by atoms with E-state index in [-0.39, 0.29) is 0 Å². The molecule has 1 unspecified atom stereocenters. The molecule has 2 rings (SSSR count). The average Bonchev–Trinajstić information content (AvgIpc) is 2.97. The van der Waals surface area contributed by atoms with Gasteiger partial charge in [0.05, 0.1) is 5.71 Å². The van der Waals surface area contributed by atoms with Crippen LogP contribution in [0.15, 0.2) is 35.5 Å². The van der Waals surface area contributed by atoms with Gasteiger partial charge in [-0.05, 0) is 12.0 Å². The predicted molar refractivity (Wildman–Crippen MR) is 76.9 cm³/mol.